The lowest BCUT2D eigenvalue weighted by molar-refractivity contribution is 0.262. The van der Waals surface area contributed by atoms with Crippen molar-refractivity contribution in [3.05, 3.63) is 88.6 Å². The van der Waals surface area contributed by atoms with Crippen LogP contribution in [0.4, 0.5) is 20.7 Å². The van der Waals surface area contributed by atoms with Crippen molar-refractivity contribution in [2.75, 3.05) is 10.6 Å². The summed E-state index contributed by atoms with van der Waals surface area (Å²) in [5.41, 5.74) is 2.10. The van der Waals surface area contributed by atoms with Crippen LogP contribution >= 0.6 is 0 Å². The Balaban J connectivity index is 1.34. The topological polar surface area (TPSA) is 140 Å². The number of fused-ring (bicyclic) bond motifs is 1. The van der Waals surface area contributed by atoms with Crippen LogP contribution in [0.3, 0.4) is 0 Å². The van der Waals surface area contributed by atoms with Gasteiger partial charge in [0.1, 0.15) is 22.9 Å². The number of carbonyl (C=O) groups excluding carboxylic acids is 1. The minimum atomic E-state index is -0.714. The SMILES string of the molecule is Cc1ccc(-n2nc(C(C)(C)C)cc2NC(=O)Nc2ccc(Oc3ccnc4[nH]c(=O)cnc34)cc2F)cn1. The number of aromatic amines is 1. The Hall–Kier alpha value is -5.13. The van der Waals surface area contributed by atoms with Crippen LogP contribution in [0.15, 0.2) is 65.8 Å². The normalized spacial score (nSPS) is 11.4. The molecule has 2 amide bonds. The summed E-state index contributed by atoms with van der Waals surface area (Å²) in [6.45, 7) is 7.92. The molecule has 5 aromatic rings. The van der Waals surface area contributed by atoms with Crippen LogP contribution in [-0.2, 0) is 5.41 Å². The van der Waals surface area contributed by atoms with Crippen LogP contribution in [0, 0.1) is 12.7 Å². The Kier molecular flexibility index (Phi) is 6.52. The fraction of sp³-hybridized carbons (Fsp3) is 0.185. The van der Waals surface area contributed by atoms with Crippen molar-refractivity contribution in [3.63, 3.8) is 0 Å². The summed E-state index contributed by atoms with van der Waals surface area (Å²) >= 11 is 0. The molecular formula is C27H25FN8O3. The highest BCUT2D eigenvalue weighted by atomic mass is 19.1. The third-order valence-corrected chi connectivity index (χ3v) is 5.72. The van der Waals surface area contributed by atoms with Gasteiger partial charge in [-0.05, 0) is 31.2 Å². The van der Waals surface area contributed by atoms with Gasteiger partial charge in [0, 0.05) is 35.5 Å². The van der Waals surface area contributed by atoms with Crippen LogP contribution in [0.5, 0.6) is 11.5 Å². The largest absolute Gasteiger partial charge is 0.455 e. The Labute approximate surface area is 222 Å². The first-order valence-electron chi connectivity index (χ1n) is 12.0. The van der Waals surface area contributed by atoms with Crippen molar-refractivity contribution in [2.45, 2.75) is 33.1 Å². The van der Waals surface area contributed by atoms with E-state index >= 15 is 0 Å². The molecule has 0 fully saturated rings. The van der Waals surface area contributed by atoms with Gasteiger partial charge in [0.05, 0.1) is 29.5 Å². The first kappa shape index (κ1) is 25.5. The van der Waals surface area contributed by atoms with Crippen molar-refractivity contribution in [1.82, 2.24) is 29.7 Å². The molecule has 12 heteroatoms. The van der Waals surface area contributed by atoms with Crippen molar-refractivity contribution >= 4 is 28.7 Å². The van der Waals surface area contributed by atoms with Gasteiger partial charge in [-0.15, -0.1) is 0 Å². The van der Waals surface area contributed by atoms with Gasteiger partial charge in [-0.25, -0.2) is 23.8 Å². The Bertz CT molecular complexity index is 1740. The minimum absolute atomic E-state index is 0.0546. The third kappa shape index (κ3) is 5.59. The molecule has 0 radical (unpaired) electrons. The fourth-order valence-corrected chi connectivity index (χ4v) is 3.68. The first-order chi connectivity index (χ1) is 18.6. The maximum absolute atomic E-state index is 14.9. The highest BCUT2D eigenvalue weighted by Crippen LogP contribution is 2.29. The van der Waals surface area contributed by atoms with Gasteiger partial charge in [-0.1, -0.05) is 20.8 Å². The Morgan fingerprint density at radius 3 is 2.56 bits per heavy atom. The highest BCUT2D eigenvalue weighted by Gasteiger charge is 2.22. The smallest absolute Gasteiger partial charge is 0.324 e. The number of nitrogens with zero attached hydrogens (tertiary/aromatic N) is 5. The number of hydrogen-bond acceptors (Lipinski definition) is 7. The number of amides is 2. The zero-order valence-electron chi connectivity index (χ0n) is 21.6. The molecule has 0 aliphatic carbocycles. The van der Waals surface area contributed by atoms with Crippen LogP contribution in [0.1, 0.15) is 32.2 Å². The zero-order chi connectivity index (χ0) is 27.7. The van der Waals surface area contributed by atoms with Gasteiger partial charge in [0.15, 0.2) is 11.4 Å². The number of aromatic nitrogens is 6. The molecule has 0 spiro atoms. The molecular weight excluding hydrogens is 503 g/mol. The fourth-order valence-electron chi connectivity index (χ4n) is 3.68. The number of carbonyl (C=O) groups is 1. The van der Waals surface area contributed by atoms with E-state index in [1.54, 1.807) is 23.0 Å². The van der Waals surface area contributed by atoms with E-state index in [0.717, 1.165) is 23.7 Å². The van der Waals surface area contributed by atoms with Crippen molar-refractivity contribution in [2.24, 2.45) is 0 Å². The standard InChI is InChI=1S/C27H25FN8O3/c1-15-5-6-16(13-30-15)36-22(12-21(35-36)27(2,3)4)33-26(38)32-19-8-7-17(11-18(19)28)39-20-9-10-29-25-24(20)31-14-23(37)34-25/h5-14H,1-4H3,(H,29,34,37)(H2,32,33,38). The second-order valence-electron chi connectivity index (χ2n) is 9.81. The number of anilines is 2. The van der Waals surface area contributed by atoms with Gasteiger partial charge < -0.3 is 15.0 Å². The maximum Gasteiger partial charge on any atom is 0.324 e. The van der Waals surface area contributed by atoms with Crippen molar-refractivity contribution in [3.8, 4) is 17.2 Å². The molecule has 198 valence electrons. The van der Waals surface area contributed by atoms with E-state index in [1.807, 2.05) is 39.8 Å². The van der Waals surface area contributed by atoms with Gasteiger partial charge in [0.2, 0.25) is 0 Å². The predicted molar refractivity (Wildman–Crippen MR) is 144 cm³/mol. The molecule has 11 nitrogen and oxygen atoms in total. The summed E-state index contributed by atoms with van der Waals surface area (Å²) in [6, 6.07) is 10.4. The van der Waals surface area contributed by atoms with E-state index in [2.05, 4.69) is 35.7 Å². The second kappa shape index (κ2) is 9.97. The van der Waals surface area contributed by atoms with Crippen LogP contribution < -0.4 is 20.9 Å². The summed E-state index contributed by atoms with van der Waals surface area (Å²) in [7, 11) is 0. The molecule has 4 aromatic heterocycles. The average Bonchev–Trinajstić information content (AvgIpc) is 3.30. The van der Waals surface area contributed by atoms with E-state index in [0.29, 0.717) is 17.0 Å². The van der Waals surface area contributed by atoms with E-state index in [9.17, 15) is 14.0 Å². The first-order valence-corrected chi connectivity index (χ1v) is 12.0. The molecule has 39 heavy (non-hydrogen) atoms. The van der Waals surface area contributed by atoms with Crippen LogP contribution in [0.25, 0.3) is 16.9 Å². The maximum atomic E-state index is 14.9. The summed E-state index contributed by atoms with van der Waals surface area (Å²) in [5, 5.41) is 9.92. The van der Waals surface area contributed by atoms with Crippen LogP contribution in [-0.4, -0.2) is 35.7 Å². The average molecular weight is 529 g/mol. The lowest BCUT2D eigenvalue weighted by Crippen LogP contribution is -2.22. The van der Waals surface area contributed by atoms with E-state index in [4.69, 9.17) is 4.74 Å². The van der Waals surface area contributed by atoms with Crippen LogP contribution in [0.2, 0.25) is 0 Å². The number of halogens is 1. The Morgan fingerprint density at radius 2 is 1.85 bits per heavy atom. The second-order valence-corrected chi connectivity index (χ2v) is 9.81. The number of H-pyrrole nitrogens is 1. The number of hydrogen-bond donors (Lipinski definition) is 3. The molecule has 0 bridgehead atoms. The molecule has 0 unspecified atom stereocenters. The molecule has 3 N–H and O–H groups in total. The van der Waals surface area contributed by atoms with Crippen molar-refractivity contribution in [1.29, 1.82) is 0 Å². The highest BCUT2D eigenvalue weighted by molar-refractivity contribution is 5.99. The molecule has 0 aliphatic rings. The van der Waals surface area contributed by atoms with E-state index in [1.165, 1.54) is 18.3 Å². The lowest BCUT2D eigenvalue weighted by atomic mass is 9.92. The molecule has 0 atom stereocenters. The van der Waals surface area contributed by atoms with Gasteiger partial charge in [-0.3, -0.25) is 15.1 Å². The molecule has 0 saturated heterocycles. The van der Waals surface area contributed by atoms with E-state index in [-0.39, 0.29) is 28.2 Å². The lowest BCUT2D eigenvalue weighted by Gasteiger charge is -2.14. The number of aryl methyl sites for hydroxylation is 1. The minimum Gasteiger partial charge on any atom is -0.455 e. The van der Waals surface area contributed by atoms with Gasteiger partial charge in [0.25, 0.3) is 5.56 Å². The zero-order valence-corrected chi connectivity index (χ0v) is 21.6. The number of pyridine rings is 2. The van der Waals surface area contributed by atoms with Gasteiger partial charge >= 0.3 is 6.03 Å². The monoisotopic (exact) mass is 528 g/mol. The van der Waals surface area contributed by atoms with Crippen molar-refractivity contribution < 1.29 is 13.9 Å². The summed E-state index contributed by atoms with van der Waals surface area (Å²) < 4.78 is 22.3. The number of nitrogens with one attached hydrogen (secondary N) is 3. The molecule has 4 heterocycles. The quantitative estimate of drug-likeness (QED) is 0.289. The Morgan fingerprint density at radius 1 is 1.03 bits per heavy atom. The molecule has 0 aliphatic heterocycles. The van der Waals surface area contributed by atoms with Gasteiger partial charge in [-0.2, -0.15) is 5.10 Å². The summed E-state index contributed by atoms with van der Waals surface area (Å²) in [5.74, 6) is 0.133. The summed E-state index contributed by atoms with van der Waals surface area (Å²) in [6.07, 6.45) is 4.21. The number of ether oxygens (including phenoxy) is 1. The molecule has 0 saturated carbocycles. The third-order valence-electron chi connectivity index (χ3n) is 5.72. The predicted octanol–water partition coefficient (Wildman–Crippen LogP) is 5.08. The number of benzene rings is 1. The van der Waals surface area contributed by atoms with E-state index < -0.39 is 17.4 Å². The molecule has 1 aromatic carbocycles. The number of urea groups is 1. The molecule has 5 rings (SSSR count). The summed E-state index contributed by atoms with van der Waals surface area (Å²) in [4.78, 5) is 39.3. The number of rotatable bonds is 5.